The molecule has 5 heteroatoms. The van der Waals surface area contributed by atoms with E-state index in [1.165, 1.54) is 0 Å². The summed E-state index contributed by atoms with van der Waals surface area (Å²) >= 11 is 3.33. The average Bonchev–Trinajstić information content (AvgIpc) is 2.17. The van der Waals surface area contributed by atoms with Gasteiger partial charge in [-0.05, 0) is 55.8 Å². The Morgan fingerprint density at radius 2 is 2.06 bits per heavy atom. The van der Waals surface area contributed by atoms with Gasteiger partial charge in [-0.25, -0.2) is 8.93 Å². The molecule has 0 bridgehead atoms. The second-order valence-electron chi connectivity index (χ2n) is 4.62. The number of nitrogens with zero attached hydrogens (tertiary/aromatic N) is 1. The summed E-state index contributed by atoms with van der Waals surface area (Å²) < 4.78 is 15.6. The van der Waals surface area contributed by atoms with E-state index in [4.69, 9.17) is 0 Å². The highest BCUT2D eigenvalue weighted by molar-refractivity contribution is 9.10. The summed E-state index contributed by atoms with van der Waals surface area (Å²) in [5, 5.41) is 0. The molecule has 2 atom stereocenters. The van der Waals surface area contributed by atoms with Crippen LogP contribution in [0, 0.1) is 0 Å². The first-order valence-corrected chi connectivity index (χ1v) is 7.04. The third kappa shape index (κ3) is 3.96. The molecule has 0 aromatic carbocycles. The van der Waals surface area contributed by atoms with Gasteiger partial charge in [0, 0.05) is 10.7 Å². The predicted molar refractivity (Wildman–Crippen MR) is 71.4 cm³/mol. The minimum Gasteiger partial charge on any atom is -0.258 e. The van der Waals surface area contributed by atoms with Crippen molar-refractivity contribution in [3.8, 4) is 0 Å². The van der Waals surface area contributed by atoms with Gasteiger partial charge in [0.2, 0.25) is 0 Å². The van der Waals surface area contributed by atoms with Crippen LogP contribution in [0.25, 0.3) is 0 Å². The normalized spacial score (nSPS) is 15.8. The van der Waals surface area contributed by atoms with Crippen molar-refractivity contribution in [1.29, 1.82) is 0 Å². The molecule has 1 N–H and O–H groups in total. The molecule has 0 aliphatic rings. The van der Waals surface area contributed by atoms with Crippen LogP contribution in [0.5, 0.6) is 0 Å². The maximum atomic E-state index is 11.9. The topological polar surface area (TPSA) is 42.0 Å². The molecular formula is C11H17BrN2OS. The van der Waals surface area contributed by atoms with Crippen molar-refractivity contribution in [3.63, 3.8) is 0 Å². The minimum atomic E-state index is -1.07. The number of aromatic nitrogens is 1. The van der Waals surface area contributed by atoms with Gasteiger partial charge in [0.25, 0.3) is 0 Å². The molecule has 1 aromatic heterocycles. The van der Waals surface area contributed by atoms with E-state index in [1.54, 1.807) is 6.20 Å². The maximum Gasteiger partial charge on any atom is 0.0976 e. The van der Waals surface area contributed by atoms with Gasteiger partial charge in [-0.1, -0.05) is 0 Å². The van der Waals surface area contributed by atoms with Crippen molar-refractivity contribution in [2.75, 3.05) is 0 Å². The predicted octanol–water partition coefficient (Wildman–Crippen LogP) is 2.96. The van der Waals surface area contributed by atoms with Crippen molar-refractivity contribution >= 4 is 26.9 Å². The fraction of sp³-hybridized carbons (Fsp3) is 0.545. The quantitative estimate of drug-likeness (QED) is 0.933. The lowest BCUT2D eigenvalue weighted by atomic mass is 10.2. The maximum absolute atomic E-state index is 11.9. The number of hydrogen-bond acceptors (Lipinski definition) is 2. The molecule has 0 aliphatic carbocycles. The molecule has 1 aromatic rings. The van der Waals surface area contributed by atoms with Gasteiger partial charge in [-0.15, -0.1) is 0 Å². The summed E-state index contributed by atoms with van der Waals surface area (Å²) in [7, 11) is -1.07. The molecule has 1 heterocycles. The summed E-state index contributed by atoms with van der Waals surface area (Å²) in [6, 6.07) is 3.83. The highest BCUT2D eigenvalue weighted by Crippen LogP contribution is 2.16. The van der Waals surface area contributed by atoms with E-state index in [2.05, 4.69) is 25.6 Å². The number of halogens is 1. The number of nitrogens with one attached hydrogen (secondary N) is 1. The van der Waals surface area contributed by atoms with Gasteiger partial charge < -0.3 is 0 Å². The third-order valence-corrected chi connectivity index (χ3v) is 4.18. The monoisotopic (exact) mass is 304 g/mol. The van der Waals surface area contributed by atoms with Gasteiger partial charge in [-0.3, -0.25) is 4.98 Å². The van der Waals surface area contributed by atoms with Crippen LogP contribution in [-0.4, -0.2) is 13.9 Å². The molecule has 3 nitrogen and oxygen atoms in total. The standard InChI is InChI=1S/C11H17BrN2OS/c1-8(14-16(15)11(2,3)4)10-6-5-9(12)7-13-10/h5-8,14H,1-4H3/t8?,16-/m0/s1. The Morgan fingerprint density at radius 3 is 2.50 bits per heavy atom. The van der Waals surface area contributed by atoms with E-state index in [0.717, 1.165) is 10.2 Å². The van der Waals surface area contributed by atoms with Crippen LogP contribution in [0.4, 0.5) is 0 Å². The Labute approximate surface area is 108 Å². The van der Waals surface area contributed by atoms with Crippen LogP contribution in [0.1, 0.15) is 39.4 Å². The number of rotatable bonds is 3. The van der Waals surface area contributed by atoms with E-state index >= 15 is 0 Å². The van der Waals surface area contributed by atoms with E-state index in [0.29, 0.717) is 0 Å². The zero-order valence-corrected chi connectivity index (χ0v) is 12.4. The SMILES string of the molecule is CC(N[S@@](=O)C(C)(C)C)c1ccc(Br)cn1. The molecule has 0 spiro atoms. The van der Waals surface area contributed by atoms with Crippen molar-refractivity contribution in [1.82, 2.24) is 9.71 Å². The fourth-order valence-corrected chi connectivity index (χ4v) is 2.07. The molecule has 0 fully saturated rings. The largest absolute Gasteiger partial charge is 0.258 e. The summed E-state index contributed by atoms with van der Waals surface area (Å²) in [5.74, 6) is 0. The molecule has 0 radical (unpaired) electrons. The van der Waals surface area contributed by atoms with Gasteiger partial charge in [0.05, 0.1) is 27.5 Å². The molecule has 16 heavy (non-hydrogen) atoms. The van der Waals surface area contributed by atoms with E-state index < -0.39 is 11.0 Å². The first-order chi connectivity index (χ1) is 7.30. The first-order valence-electron chi connectivity index (χ1n) is 5.10. The number of pyridine rings is 1. The summed E-state index contributed by atoms with van der Waals surface area (Å²) in [4.78, 5) is 4.27. The van der Waals surface area contributed by atoms with Crippen molar-refractivity contribution < 1.29 is 4.21 Å². The van der Waals surface area contributed by atoms with Gasteiger partial charge >= 0.3 is 0 Å². The van der Waals surface area contributed by atoms with Crippen LogP contribution >= 0.6 is 15.9 Å². The Kier molecular flexibility index (Phi) is 4.64. The Balaban J connectivity index is 2.69. The highest BCUT2D eigenvalue weighted by atomic mass is 79.9. The average molecular weight is 305 g/mol. The summed E-state index contributed by atoms with van der Waals surface area (Å²) in [5.41, 5.74) is 0.890. The molecule has 1 rings (SSSR count). The third-order valence-electron chi connectivity index (χ3n) is 2.03. The minimum absolute atomic E-state index is 0.0202. The smallest absolute Gasteiger partial charge is 0.0976 e. The van der Waals surface area contributed by atoms with Crippen LogP contribution in [0.3, 0.4) is 0 Å². The Hall–Kier alpha value is -0.260. The lowest BCUT2D eigenvalue weighted by Gasteiger charge is -2.21. The van der Waals surface area contributed by atoms with E-state index in [1.807, 2.05) is 39.8 Å². The molecular weight excluding hydrogens is 288 g/mol. The Morgan fingerprint density at radius 1 is 1.44 bits per heavy atom. The van der Waals surface area contributed by atoms with E-state index in [-0.39, 0.29) is 10.8 Å². The van der Waals surface area contributed by atoms with Gasteiger partial charge in [0.15, 0.2) is 0 Å². The van der Waals surface area contributed by atoms with Crippen LogP contribution in [-0.2, 0) is 11.0 Å². The van der Waals surface area contributed by atoms with Crippen LogP contribution in [0.15, 0.2) is 22.8 Å². The van der Waals surface area contributed by atoms with Crippen molar-refractivity contribution in [3.05, 3.63) is 28.5 Å². The first kappa shape index (κ1) is 13.8. The second kappa shape index (κ2) is 5.38. The summed E-state index contributed by atoms with van der Waals surface area (Å²) in [6.45, 7) is 7.79. The highest BCUT2D eigenvalue weighted by Gasteiger charge is 2.21. The molecule has 0 amide bonds. The zero-order chi connectivity index (χ0) is 12.3. The lowest BCUT2D eigenvalue weighted by molar-refractivity contribution is 0.611. The lowest BCUT2D eigenvalue weighted by Crippen LogP contribution is -2.35. The van der Waals surface area contributed by atoms with E-state index in [9.17, 15) is 4.21 Å². The molecule has 0 saturated carbocycles. The second-order valence-corrected chi connectivity index (χ2v) is 7.54. The van der Waals surface area contributed by atoms with Crippen molar-refractivity contribution in [2.24, 2.45) is 0 Å². The van der Waals surface area contributed by atoms with Gasteiger partial charge in [0.1, 0.15) is 0 Å². The fourth-order valence-electron chi connectivity index (χ4n) is 1.04. The zero-order valence-electron chi connectivity index (χ0n) is 9.95. The molecule has 0 saturated heterocycles. The number of hydrogen-bond donors (Lipinski definition) is 1. The van der Waals surface area contributed by atoms with Crippen LogP contribution < -0.4 is 4.72 Å². The molecule has 90 valence electrons. The van der Waals surface area contributed by atoms with Gasteiger partial charge in [-0.2, -0.15) is 0 Å². The van der Waals surface area contributed by atoms with Crippen LogP contribution in [0.2, 0.25) is 0 Å². The molecule has 0 aliphatic heterocycles. The molecule has 1 unspecified atom stereocenters. The Bertz CT molecular complexity index is 373. The van der Waals surface area contributed by atoms with Crippen molar-refractivity contribution in [2.45, 2.75) is 38.5 Å². The summed E-state index contributed by atoms with van der Waals surface area (Å²) in [6.07, 6.45) is 1.74.